The SMILES string of the molecule is CCC(=O)CNC(CS)C(=O)O. The maximum absolute atomic E-state index is 10.8. The second kappa shape index (κ2) is 6.02. The van der Waals surface area contributed by atoms with Crippen molar-refractivity contribution in [1.82, 2.24) is 5.32 Å². The van der Waals surface area contributed by atoms with Gasteiger partial charge in [0.05, 0.1) is 6.54 Å². The van der Waals surface area contributed by atoms with Gasteiger partial charge in [0.1, 0.15) is 11.8 Å². The average Bonchev–Trinajstić information content (AvgIpc) is 2.04. The normalized spacial score (nSPS) is 12.5. The molecule has 4 nitrogen and oxygen atoms in total. The lowest BCUT2D eigenvalue weighted by Crippen LogP contribution is -2.40. The zero-order chi connectivity index (χ0) is 9.56. The molecule has 0 aliphatic heterocycles. The molecule has 0 fully saturated rings. The van der Waals surface area contributed by atoms with Gasteiger partial charge in [-0.2, -0.15) is 12.6 Å². The van der Waals surface area contributed by atoms with E-state index in [-0.39, 0.29) is 18.1 Å². The summed E-state index contributed by atoms with van der Waals surface area (Å²) in [7, 11) is 0. The number of hydrogen-bond acceptors (Lipinski definition) is 4. The monoisotopic (exact) mass is 191 g/mol. The molecule has 0 aromatic heterocycles. The number of carbonyl (C=O) groups is 2. The summed E-state index contributed by atoms with van der Waals surface area (Å²) in [5.41, 5.74) is 0. The molecule has 0 aliphatic rings. The number of thiol groups is 1. The van der Waals surface area contributed by atoms with Crippen LogP contribution in [-0.4, -0.2) is 35.2 Å². The summed E-state index contributed by atoms with van der Waals surface area (Å²) in [5.74, 6) is -0.788. The smallest absolute Gasteiger partial charge is 0.321 e. The van der Waals surface area contributed by atoms with Gasteiger partial charge < -0.3 is 5.11 Å². The van der Waals surface area contributed by atoms with Crippen molar-refractivity contribution < 1.29 is 14.7 Å². The predicted molar refractivity (Wildman–Crippen MR) is 48.6 cm³/mol. The molecule has 1 unspecified atom stereocenters. The van der Waals surface area contributed by atoms with Crippen LogP contribution in [0, 0.1) is 0 Å². The topological polar surface area (TPSA) is 66.4 Å². The van der Waals surface area contributed by atoms with Gasteiger partial charge in [-0.05, 0) is 0 Å². The molecule has 0 heterocycles. The number of carboxylic acids is 1. The summed E-state index contributed by atoms with van der Waals surface area (Å²) in [6.45, 7) is 1.84. The molecule has 0 radical (unpaired) electrons. The number of Topliss-reactive ketones (excluding diaryl/α,β-unsaturated/α-hetero) is 1. The Morgan fingerprint density at radius 1 is 1.58 bits per heavy atom. The first-order chi connectivity index (χ1) is 5.61. The van der Waals surface area contributed by atoms with E-state index in [2.05, 4.69) is 17.9 Å². The van der Waals surface area contributed by atoms with E-state index in [1.807, 2.05) is 0 Å². The minimum absolute atomic E-state index is 0.00281. The van der Waals surface area contributed by atoms with Gasteiger partial charge in [-0.1, -0.05) is 6.92 Å². The van der Waals surface area contributed by atoms with Crippen LogP contribution in [0.3, 0.4) is 0 Å². The Morgan fingerprint density at radius 3 is 2.50 bits per heavy atom. The van der Waals surface area contributed by atoms with Gasteiger partial charge in [-0.25, -0.2) is 0 Å². The van der Waals surface area contributed by atoms with Crippen LogP contribution >= 0.6 is 12.6 Å². The summed E-state index contributed by atoms with van der Waals surface area (Å²) in [6, 6.07) is -0.733. The van der Waals surface area contributed by atoms with Crippen molar-refractivity contribution in [3.05, 3.63) is 0 Å². The first-order valence-electron chi connectivity index (χ1n) is 3.70. The highest BCUT2D eigenvalue weighted by Crippen LogP contribution is 1.88. The highest BCUT2D eigenvalue weighted by Gasteiger charge is 2.14. The second-order valence-electron chi connectivity index (χ2n) is 2.35. The molecule has 70 valence electrons. The zero-order valence-electron chi connectivity index (χ0n) is 6.91. The summed E-state index contributed by atoms with van der Waals surface area (Å²) in [6.07, 6.45) is 0.423. The van der Waals surface area contributed by atoms with E-state index in [1.54, 1.807) is 6.92 Å². The average molecular weight is 191 g/mol. The van der Waals surface area contributed by atoms with Gasteiger partial charge in [0.2, 0.25) is 0 Å². The fraction of sp³-hybridized carbons (Fsp3) is 0.714. The highest BCUT2D eigenvalue weighted by atomic mass is 32.1. The van der Waals surface area contributed by atoms with Gasteiger partial charge in [0, 0.05) is 12.2 Å². The molecule has 0 saturated heterocycles. The van der Waals surface area contributed by atoms with Crippen LogP contribution < -0.4 is 5.32 Å². The minimum atomic E-state index is -0.978. The molecule has 12 heavy (non-hydrogen) atoms. The van der Waals surface area contributed by atoms with Gasteiger partial charge in [-0.15, -0.1) is 0 Å². The van der Waals surface area contributed by atoms with Crippen molar-refractivity contribution in [2.75, 3.05) is 12.3 Å². The van der Waals surface area contributed by atoms with E-state index >= 15 is 0 Å². The molecule has 0 aromatic rings. The Labute approximate surface area is 76.8 Å². The van der Waals surface area contributed by atoms with Crippen molar-refractivity contribution in [3.63, 3.8) is 0 Å². The lowest BCUT2D eigenvalue weighted by Gasteiger charge is -2.09. The van der Waals surface area contributed by atoms with Crippen molar-refractivity contribution in [2.24, 2.45) is 0 Å². The third-order valence-corrected chi connectivity index (χ3v) is 1.79. The van der Waals surface area contributed by atoms with Crippen LogP contribution in [0.4, 0.5) is 0 Å². The minimum Gasteiger partial charge on any atom is -0.480 e. The van der Waals surface area contributed by atoms with Gasteiger partial charge in [0.15, 0.2) is 0 Å². The van der Waals surface area contributed by atoms with Crippen LogP contribution in [0.5, 0.6) is 0 Å². The Bertz CT molecular complexity index is 172. The molecule has 0 saturated carbocycles. The van der Waals surface area contributed by atoms with E-state index in [4.69, 9.17) is 5.11 Å². The maximum atomic E-state index is 10.8. The van der Waals surface area contributed by atoms with Crippen molar-refractivity contribution >= 4 is 24.4 Å². The summed E-state index contributed by atoms with van der Waals surface area (Å²) >= 11 is 3.83. The summed E-state index contributed by atoms with van der Waals surface area (Å²) in [5, 5.41) is 11.1. The molecule has 0 amide bonds. The van der Waals surface area contributed by atoms with Crippen LogP contribution in [0.25, 0.3) is 0 Å². The molecule has 2 N–H and O–H groups in total. The van der Waals surface area contributed by atoms with Gasteiger partial charge in [-0.3, -0.25) is 14.9 Å². The number of carboxylic acid groups (broad SMARTS) is 1. The molecular formula is C7H13NO3S. The molecule has 0 aromatic carbocycles. The fourth-order valence-corrected chi connectivity index (χ4v) is 0.877. The third kappa shape index (κ3) is 4.35. The van der Waals surface area contributed by atoms with Crippen molar-refractivity contribution in [2.45, 2.75) is 19.4 Å². The number of rotatable bonds is 6. The molecule has 0 rings (SSSR count). The number of ketones is 1. The highest BCUT2D eigenvalue weighted by molar-refractivity contribution is 7.80. The van der Waals surface area contributed by atoms with E-state index in [0.717, 1.165) is 0 Å². The first kappa shape index (κ1) is 11.4. The molecule has 5 heteroatoms. The number of aliphatic carboxylic acids is 1. The van der Waals surface area contributed by atoms with Crippen molar-refractivity contribution in [3.8, 4) is 0 Å². The molecule has 0 aliphatic carbocycles. The Balaban J connectivity index is 3.73. The number of nitrogens with one attached hydrogen (secondary N) is 1. The molecule has 0 bridgehead atoms. The quantitative estimate of drug-likeness (QED) is 0.514. The summed E-state index contributed by atoms with van der Waals surface area (Å²) in [4.78, 5) is 21.2. The fourth-order valence-electron chi connectivity index (χ4n) is 0.592. The Kier molecular flexibility index (Phi) is 5.74. The van der Waals surface area contributed by atoms with Crippen molar-refractivity contribution in [1.29, 1.82) is 0 Å². The summed E-state index contributed by atoms with van der Waals surface area (Å²) < 4.78 is 0. The Hall–Kier alpha value is -0.550. The van der Waals surface area contributed by atoms with Crippen LogP contribution in [0.1, 0.15) is 13.3 Å². The van der Waals surface area contributed by atoms with Crippen LogP contribution in [-0.2, 0) is 9.59 Å². The first-order valence-corrected chi connectivity index (χ1v) is 4.33. The predicted octanol–water partition coefficient (Wildman–Crippen LogP) is -0.0619. The van der Waals surface area contributed by atoms with Crippen LogP contribution in [0.15, 0.2) is 0 Å². The van der Waals surface area contributed by atoms with E-state index in [0.29, 0.717) is 6.42 Å². The van der Waals surface area contributed by atoms with E-state index in [9.17, 15) is 9.59 Å². The van der Waals surface area contributed by atoms with E-state index in [1.165, 1.54) is 0 Å². The molecule has 1 atom stereocenters. The standard InChI is InChI=1S/C7H13NO3S/c1-2-5(9)3-8-6(4-12)7(10)11/h6,8,12H,2-4H2,1H3,(H,10,11). The Morgan fingerprint density at radius 2 is 2.17 bits per heavy atom. The number of hydrogen-bond donors (Lipinski definition) is 3. The van der Waals surface area contributed by atoms with Gasteiger partial charge >= 0.3 is 5.97 Å². The molecule has 0 spiro atoms. The second-order valence-corrected chi connectivity index (χ2v) is 2.71. The van der Waals surface area contributed by atoms with Gasteiger partial charge in [0.25, 0.3) is 0 Å². The molecular weight excluding hydrogens is 178 g/mol. The largest absolute Gasteiger partial charge is 0.480 e. The van der Waals surface area contributed by atoms with Crippen LogP contribution in [0.2, 0.25) is 0 Å². The number of carbonyl (C=O) groups excluding carboxylic acids is 1. The maximum Gasteiger partial charge on any atom is 0.321 e. The third-order valence-electron chi connectivity index (χ3n) is 1.42. The van der Waals surface area contributed by atoms with E-state index < -0.39 is 12.0 Å². The zero-order valence-corrected chi connectivity index (χ0v) is 7.80. The lowest BCUT2D eigenvalue weighted by molar-refractivity contribution is -0.138. The lowest BCUT2D eigenvalue weighted by atomic mass is 10.3.